The van der Waals surface area contributed by atoms with Gasteiger partial charge < -0.3 is 4.90 Å². The number of rotatable bonds is 2. The SMILES string of the molecule is FC1(F)CCN(c2ncccc2SS)C1. The Labute approximate surface area is 95.9 Å². The zero-order chi connectivity index (χ0) is 10.9. The van der Waals surface area contributed by atoms with E-state index in [2.05, 4.69) is 16.6 Å². The van der Waals surface area contributed by atoms with Gasteiger partial charge in [-0.3, -0.25) is 0 Å². The summed E-state index contributed by atoms with van der Waals surface area (Å²) >= 11 is 4.08. The molecule has 0 N–H and O–H groups in total. The lowest BCUT2D eigenvalue weighted by Crippen LogP contribution is -2.25. The minimum atomic E-state index is -2.59. The van der Waals surface area contributed by atoms with Crippen molar-refractivity contribution in [3.8, 4) is 0 Å². The summed E-state index contributed by atoms with van der Waals surface area (Å²) in [5, 5.41) is 0. The van der Waals surface area contributed by atoms with Gasteiger partial charge >= 0.3 is 0 Å². The molecule has 2 nitrogen and oxygen atoms in total. The molecule has 0 aromatic carbocycles. The summed E-state index contributed by atoms with van der Waals surface area (Å²) < 4.78 is 26.0. The number of thiol groups is 1. The highest BCUT2D eigenvalue weighted by atomic mass is 33.1. The van der Waals surface area contributed by atoms with Crippen LogP contribution in [0.3, 0.4) is 0 Å². The zero-order valence-electron chi connectivity index (χ0n) is 7.86. The second kappa shape index (κ2) is 4.17. The van der Waals surface area contributed by atoms with E-state index in [0.29, 0.717) is 12.4 Å². The molecular formula is C9H10F2N2S2. The largest absolute Gasteiger partial charge is 0.349 e. The van der Waals surface area contributed by atoms with Gasteiger partial charge in [0, 0.05) is 19.2 Å². The molecule has 2 heterocycles. The smallest absolute Gasteiger partial charge is 0.266 e. The summed E-state index contributed by atoms with van der Waals surface area (Å²) in [6.45, 7) is 0.108. The van der Waals surface area contributed by atoms with Crippen LogP contribution < -0.4 is 4.90 Å². The van der Waals surface area contributed by atoms with Gasteiger partial charge in [0.2, 0.25) is 0 Å². The van der Waals surface area contributed by atoms with Crippen molar-refractivity contribution in [2.75, 3.05) is 18.0 Å². The first-order valence-corrected chi connectivity index (χ1v) is 6.38. The fraction of sp³-hybridized carbons (Fsp3) is 0.444. The Morgan fingerprint density at radius 3 is 2.93 bits per heavy atom. The van der Waals surface area contributed by atoms with Crippen molar-refractivity contribution < 1.29 is 8.78 Å². The quantitative estimate of drug-likeness (QED) is 0.640. The first-order valence-electron chi connectivity index (χ1n) is 4.51. The summed E-state index contributed by atoms with van der Waals surface area (Å²) in [4.78, 5) is 6.55. The summed E-state index contributed by atoms with van der Waals surface area (Å²) in [6.07, 6.45) is 1.51. The molecule has 0 spiro atoms. The van der Waals surface area contributed by atoms with Crippen molar-refractivity contribution in [1.29, 1.82) is 0 Å². The molecule has 1 fully saturated rings. The lowest BCUT2D eigenvalue weighted by Gasteiger charge is -2.18. The summed E-state index contributed by atoms with van der Waals surface area (Å²) in [7, 11) is 1.23. The Kier molecular flexibility index (Phi) is 3.06. The highest BCUT2D eigenvalue weighted by Crippen LogP contribution is 2.35. The third-order valence-corrected chi connectivity index (χ3v) is 3.42. The predicted molar refractivity (Wildman–Crippen MR) is 60.9 cm³/mol. The molecule has 1 saturated heterocycles. The molecule has 0 saturated carbocycles. The van der Waals surface area contributed by atoms with Gasteiger partial charge in [0.25, 0.3) is 5.92 Å². The van der Waals surface area contributed by atoms with Crippen LogP contribution in [0.15, 0.2) is 23.2 Å². The molecule has 2 rings (SSSR count). The van der Waals surface area contributed by atoms with E-state index >= 15 is 0 Å². The van der Waals surface area contributed by atoms with E-state index in [4.69, 9.17) is 0 Å². The van der Waals surface area contributed by atoms with Gasteiger partial charge in [-0.2, -0.15) is 0 Å². The van der Waals surface area contributed by atoms with E-state index in [1.165, 1.54) is 10.8 Å². The maximum Gasteiger partial charge on any atom is 0.266 e. The summed E-state index contributed by atoms with van der Waals surface area (Å²) in [5.74, 6) is -1.98. The molecular weight excluding hydrogens is 238 g/mol. The van der Waals surface area contributed by atoms with Crippen molar-refractivity contribution in [3.63, 3.8) is 0 Å². The van der Waals surface area contributed by atoms with Gasteiger partial charge in [-0.15, -0.1) is 11.7 Å². The van der Waals surface area contributed by atoms with E-state index in [0.717, 1.165) is 4.90 Å². The molecule has 0 aliphatic carbocycles. The topological polar surface area (TPSA) is 16.1 Å². The fourth-order valence-electron chi connectivity index (χ4n) is 1.61. The molecule has 0 amide bonds. The van der Waals surface area contributed by atoms with Crippen LogP contribution >= 0.6 is 22.5 Å². The highest BCUT2D eigenvalue weighted by molar-refractivity contribution is 8.68. The molecule has 1 aliphatic rings. The van der Waals surface area contributed by atoms with E-state index in [9.17, 15) is 8.78 Å². The van der Waals surface area contributed by atoms with Crippen LogP contribution in [0.5, 0.6) is 0 Å². The number of halogens is 2. The number of hydrogen-bond donors (Lipinski definition) is 1. The average Bonchev–Trinajstić information content (AvgIpc) is 2.59. The van der Waals surface area contributed by atoms with Crippen molar-refractivity contribution in [2.24, 2.45) is 0 Å². The predicted octanol–water partition coefficient (Wildman–Crippen LogP) is 2.86. The maximum absolute atomic E-state index is 13.0. The lowest BCUT2D eigenvalue weighted by atomic mass is 10.3. The first-order chi connectivity index (χ1) is 7.12. The third-order valence-electron chi connectivity index (χ3n) is 2.32. The molecule has 0 atom stereocenters. The number of alkyl halides is 2. The van der Waals surface area contributed by atoms with Gasteiger partial charge in [0.05, 0.1) is 11.4 Å². The number of anilines is 1. The molecule has 0 unspecified atom stereocenters. The van der Waals surface area contributed by atoms with Crippen LogP contribution in [-0.4, -0.2) is 24.0 Å². The van der Waals surface area contributed by atoms with Gasteiger partial charge in [-0.05, 0) is 12.1 Å². The van der Waals surface area contributed by atoms with Gasteiger partial charge in [0.1, 0.15) is 5.82 Å². The molecule has 6 heteroatoms. The van der Waals surface area contributed by atoms with Crippen molar-refractivity contribution in [3.05, 3.63) is 18.3 Å². The van der Waals surface area contributed by atoms with E-state index in [-0.39, 0.29) is 13.0 Å². The molecule has 0 radical (unpaired) electrons. The van der Waals surface area contributed by atoms with Crippen LogP contribution in [-0.2, 0) is 0 Å². The number of nitrogens with zero attached hydrogens (tertiary/aromatic N) is 2. The summed E-state index contributed by atoms with van der Waals surface area (Å²) in [6, 6.07) is 3.60. The second-order valence-corrected chi connectivity index (χ2v) is 4.61. The Morgan fingerprint density at radius 2 is 2.33 bits per heavy atom. The molecule has 1 aromatic rings. The Morgan fingerprint density at radius 1 is 1.53 bits per heavy atom. The van der Waals surface area contributed by atoms with Crippen molar-refractivity contribution in [2.45, 2.75) is 17.2 Å². The standard InChI is InChI=1S/C9H10F2N2S2/c10-9(11)3-5-13(6-9)8-7(15-14)2-1-4-12-8/h1-2,4,14H,3,5-6H2. The van der Waals surface area contributed by atoms with Gasteiger partial charge in [-0.25, -0.2) is 13.8 Å². The van der Waals surface area contributed by atoms with Crippen LogP contribution in [0.25, 0.3) is 0 Å². The van der Waals surface area contributed by atoms with Gasteiger partial charge in [0.15, 0.2) is 0 Å². The van der Waals surface area contributed by atoms with Crippen molar-refractivity contribution in [1.82, 2.24) is 4.98 Å². The fourth-order valence-corrected chi connectivity index (χ4v) is 2.44. The Hall–Kier alpha value is -0.490. The van der Waals surface area contributed by atoms with E-state index in [1.807, 2.05) is 6.07 Å². The molecule has 1 aliphatic heterocycles. The molecule has 0 bridgehead atoms. The van der Waals surface area contributed by atoms with E-state index < -0.39 is 5.92 Å². The molecule has 1 aromatic heterocycles. The van der Waals surface area contributed by atoms with Gasteiger partial charge in [-0.1, -0.05) is 10.8 Å². The second-order valence-electron chi connectivity index (χ2n) is 3.44. The van der Waals surface area contributed by atoms with E-state index in [1.54, 1.807) is 17.2 Å². The lowest BCUT2D eigenvalue weighted by molar-refractivity contribution is 0.0256. The number of aromatic nitrogens is 1. The Bertz CT molecular complexity index is 360. The van der Waals surface area contributed by atoms with Crippen LogP contribution in [0.2, 0.25) is 0 Å². The molecule has 15 heavy (non-hydrogen) atoms. The third kappa shape index (κ3) is 2.36. The van der Waals surface area contributed by atoms with Crippen LogP contribution in [0.4, 0.5) is 14.6 Å². The first kappa shape index (κ1) is 11.0. The molecule has 82 valence electrons. The maximum atomic E-state index is 13.0. The number of hydrogen-bond acceptors (Lipinski definition) is 4. The minimum Gasteiger partial charge on any atom is -0.349 e. The average molecular weight is 248 g/mol. The number of pyridine rings is 1. The minimum absolute atomic E-state index is 0.0970. The summed E-state index contributed by atoms with van der Waals surface area (Å²) in [5.41, 5.74) is 0. The van der Waals surface area contributed by atoms with Crippen LogP contribution in [0, 0.1) is 0 Å². The Balaban J connectivity index is 2.23. The normalized spacial score (nSPS) is 19.5. The zero-order valence-corrected chi connectivity index (χ0v) is 9.57. The van der Waals surface area contributed by atoms with Crippen molar-refractivity contribution >= 4 is 28.3 Å². The monoisotopic (exact) mass is 248 g/mol. The van der Waals surface area contributed by atoms with Crippen LogP contribution in [0.1, 0.15) is 6.42 Å². The highest BCUT2D eigenvalue weighted by Gasteiger charge is 2.39.